The molecule has 1 aromatic rings. The molecule has 0 saturated carbocycles. The zero-order valence-electron chi connectivity index (χ0n) is 33.6. The summed E-state index contributed by atoms with van der Waals surface area (Å²) >= 11 is 0. The Kier molecular flexibility index (Phi) is 16.7. The van der Waals surface area contributed by atoms with Gasteiger partial charge in [-0.05, 0) is 38.6 Å². The van der Waals surface area contributed by atoms with Gasteiger partial charge < -0.3 is 87.7 Å². The number of likely N-dealkylation sites (N-methyl/N-ethyl adjacent to an activating group) is 1. The lowest BCUT2D eigenvalue weighted by atomic mass is 9.96. The zero-order chi connectivity index (χ0) is 44.7. The summed E-state index contributed by atoms with van der Waals surface area (Å²) in [6.07, 6.45) is -14.8. The predicted molar refractivity (Wildman–Crippen MR) is 205 cm³/mol. The quantitative estimate of drug-likeness (QED) is 0.103. The smallest absolute Gasteiger partial charge is 0.248 e. The number of amides is 6. The number of nitrogens with two attached hydrogens (primary N) is 1. The summed E-state index contributed by atoms with van der Waals surface area (Å²) in [5, 5.41) is 99.0. The molecule has 3 saturated heterocycles. The van der Waals surface area contributed by atoms with Gasteiger partial charge in [-0.3, -0.25) is 28.8 Å². The van der Waals surface area contributed by atoms with E-state index in [1.807, 2.05) is 0 Å². The average Bonchev–Trinajstić information content (AvgIpc) is 3.74. The largest absolute Gasteiger partial charge is 0.508 e. The van der Waals surface area contributed by atoms with Gasteiger partial charge in [0.1, 0.15) is 54.3 Å². The topological polar surface area (TPSA) is 366 Å². The lowest BCUT2D eigenvalue weighted by molar-refractivity contribution is -0.149. The molecule has 1 aromatic carbocycles. The molecule has 0 bridgehead atoms. The molecule has 23 heteroatoms. The standard InChI is InChI=1S/C37H58N8O15/c1-15-13-45-27(28(15)51)34(57)43-35(60-10-9-39-4)23(50)12-21(38)31(54)40-24(16(2)46)36(58)44-14-20(49)11-22(44)32(55)42-26(33(56)41-25(17(3)47)37(45)59)30(53)29(52)18-5-7-19(48)8-6-18/h5-8,15-17,20-30,35,39,46-53H,9-14,38H2,1-4H3,(H,40,54)(H,41,56)(H,42,55)(H,43,57)/t15-,16+,17+,20+,21?,22?,23+,24?,25?,26?,27?,28-,29-,30-,35?/m0/s1. The van der Waals surface area contributed by atoms with Crippen molar-refractivity contribution in [2.45, 2.75) is 119 Å². The Morgan fingerprint density at radius 2 is 1.35 bits per heavy atom. The van der Waals surface area contributed by atoms with E-state index in [1.165, 1.54) is 31.2 Å². The van der Waals surface area contributed by atoms with E-state index in [2.05, 4.69) is 26.6 Å². The number of phenolic OH excluding ortho intramolecular Hbond substituents is 1. The van der Waals surface area contributed by atoms with Gasteiger partial charge in [-0.25, -0.2) is 0 Å². The van der Waals surface area contributed by atoms with Gasteiger partial charge >= 0.3 is 0 Å². The van der Waals surface area contributed by atoms with E-state index in [-0.39, 0.29) is 31.0 Å². The number of benzene rings is 1. The molecule has 336 valence electrons. The van der Waals surface area contributed by atoms with Gasteiger partial charge in [-0.15, -0.1) is 0 Å². The molecule has 0 radical (unpaired) electrons. The normalized spacial score (nSPS) is 33.6. The van der Waals surface area contributed by atoms with Crippen molar-refractivity contribution >= 4 is 35.4 Å². The van der Waals surface area contributed by atoms with E-state index in [9.17, 15) is 69.6 Å². The van der Waals surface area contributed by atoms with Crippen LogP contribution in [0, 0.1) is 5.92 Å². The van der Waals surface area contributed by atoms with Crippen molar-refractivity contribution in [2.24, 2.45) is 11.7 Å². The number of phenols is 1. The molecule has 60 heavy (non-hydrogen) atoms. The minimum atomic E-state index is -2.23. The van der Waals surface area contributed by atoms with Gasteiger partial charge in [0.2, 0.25) is 35.4 Å². The number of aliphatic hydroxyl groups excluding tert-OH is 7. The van der Waals surface area contributed by atoms with E-state index in [0.29, 0.717) is 0 Å². The minimum absolute atomic E-state index is 0.0399. The van der Waals surface area contributed by atoms with Crippen LogP contribution in [0.5, 0.6) is 5.75 Å². The summed E-state index contributed by atoms with van der Waals surface area (Å²) in [5.74, 6) is -7.77. The summed E-state index contributed by atoms with van der Waals surface area (Å²) in [6.45, 7) is 3.12. The molecule has 4 rings (SSSR count). The highest BCUT2D eigenvalue weighted by molar-refractivity contribution is 5.98. The lowest BCUT2D eigenvalue weighted by Crippen LogP contribution is -2.64. The van der Waals surface area contributed by atoms with Gasteiger partial charge in [0.15, 0.2) is 6.23 Å². The van der Waals surface area contributed by atoms with Crippen molar-refractivity contribution in [3.63, 3.8) is 0 Å². The minimum Gasteiger partial charge on any atom is -0.508 e. The van der Waals surface area contributed by atoms with Crippen molar-refractivity contribution in [2.75, 3.05) is 33.3 Å². The number of hydrogen-bond donors (Lipinski definition) is 14. The Labute approximate surface area is 345 Å². The van der Waals surface area contributed by atoms with Crippen molar-refractivity contribution in [1.82, 2.24) is 36.4 Å². The predicted octanol–water partition coefficient (Wildman–Crippen LogP) is -7.06. The summed E-state index contributed by atoms with van der Waals surface area (Å²) in [7, 11) is 1.60. The number of hydrogen-bond acceptors (Lipinski definition) is 17. The van der Waals surface area contributed by atoms with E-state index in [4.69, 9.17) is 10.5 Å². The van der Waals surface area contributed by atoms with Crippen LogP contribution in [-0.2, 0) is 33.5 Å². The van der Waals surface area contributed by atoms with Gasteiger partial charge in [0.05, 0.1) is 37.1 Å². The van der Waals surface area contributed by atoms with E-state index in [0.717, 1.165) is 23.6 Å². The van der Waals surface area contributed by atoms with Crippen molar-refractivity contribution in [3.05, 3.63) is 29.8 Å². The zero-order valence-corrected chi connectivity index (χ0v) is 33.6. The second-order valence-electron chi connectivity index (χ2n) is 15.6. The van der Waals surface area contributed by atoms with E-state index >= 15 is 0 Å². The molecule has 3 heterocycles. The van der Waals surface area contributed by atoms with Crippen LogP contribution >= 0.6 is 0 Å². The number of carbonyl (C=O) groups excluding carboxylic acids is 6. The fourth-order valence-corrected chi connectivity index (χ4v) is 7.35. The maximum atomic E-state index is 14.2. The average molecular weight is 855 g/mol. The van der Waals surface area contributed by atoms with Crippen LogP contribution in [0.2, 0.25) is 0 Å². The van der Waals surface area contributed by atoms with Crippen LogP contribution in [0.3, 0.4) is 0 Å². The second-order valence-corrected chi connectivity index (χ2v) is 15.6. The van der Waals surface area contributed by atoms with Crippen LogP contribution in [-0.4, -0.2) is 198 Å². The Hall–Kier alpha value is -4.56. The lowest BCUT2D eigenvalue weighted by Gasteiger charge is -2.34. The fraction of sp³-hybridized carbons (Fsp3) is 0.676. The number of rotatable bonds is 9. The van der Waals surface area contributed by atoms with Crippen LogP contribution < -0.4 is 32.3 Å². The second kappa shape index (κ2) is 20.8. The van der Waals surface area contributed by atoms with Crippen molar-refractivity contribution in [1.29, 1.82) is 0 Å². The Morgan fingerprint density at radius 1 is 0.783 bits per heavy atom. The number of carbonyl (C=O) groups is 6. The molecule has 3 aliphatic heterocycles. The first-order valence-corrected chi connectivity index (χ1v) is 19.6. The molecule has 15 N–H and O–H groups in total. The monoisotopic (exact) mass is 854 g/mol. The number of ether oxygens (including phenoxy) is 1. The van der Waals surface area contributed by atoms with Crippen LogP contribution in [0.4, 0.5) is 0 Å². The van der Waals surface area contributed by atoms with Gasteiger partial charge in [0.25, 0.3) is 0 Å². The maximum Gasteiger partial charge on any atom is 0.248 e. The third-order valence-electron chi connectivity index (χ3n) is 10.8. The van der Waals surface area contributed by atoms with E-state index in [1.54, 1.807) is 7.05 Å². The first kappa shape index (κ1) is 48.1. The van der Waals surface area contributed by atoms with Crippen LogP contribution in [0.1, 0.15) is 45.3 Å². The van der Waals surface area contributed by atoms with Crippen LogP contribution in [0.25, 0.3) is 0 Å². The third-order valence-corrected chi connectivity index (χ3v) is 10.8. The molecule has 0 aromatic heterocycles. The van der Waals surface area contributed by atoms with Gasteiger partial charge in [-0.2, -0.15) is 0 Å². The molecule has 23 nitrogen and oxygen atoms in total. The molecule has 6 amide bonds. The highest BCUT2D eigenvalue weighted by Crippen LogP contribution is 2.27. The summed E-state index contributed by atoms with van der Waals surface area (Å²) in [6, 6.07) is -6.03. The first-order chi connectivity index (χ1) is 28.2. The van der Waals surface area contributed by atoms with Gasteiger partial charge in [-0.1, -0.05) is 19.1 Å². The summed E-state index contributed by atoms with van der Waals surface area (Å²) in [4.78, 5) is 85.4. The van der Waals surface area contributed by atoms with E-state index < -0.39 is 146 Å². The van der Waals surface area contributed by atoms with Crippen molar-refractivity contribution in [3.8, 4) is 5.75 Å². The number of aromatic hydroxyl groups is 1. The molecule has 3 fully saturated rings. The Morgan fingerprint density at radius 3 is 1.93 bits per heavy atom. The molecule has 15 atom stereocenters. The van der Waals surface area contributed by atoms with Crippen molar-refractivity contribution < 1.29 is 74.4 Å². The summed E-state index contributed by atoms with van der Waals surface area (Å²) < 4.78 is 5.69. The third kappa shape index (κ3) is 11.2. The number of fused-ring (bicyclic) bond motifs is 2. The molecule has 0 spiro atoms. The molecule has 3 aliphatic rings. The fourth-order valence-electron chi connectivity index (χ4n) is 7.35. The molecule has 0 aliphatic carbocycles. The Balaban J connectivity index is 1.82. The highest BCUT2D eigenvalue weighted by Gasteiger charge is 2.50. The molecular weight excluding hydrogens is 796 g/mol. The first-order valence-electron chi connectivity index (χ1n) is 19.6. The molecule has 7 unspecified atom stereocenters. The highest BCUT2D eigenvalue weighted by atomic mass is 16.5. The number of nitrogens with zero attached hydrogens (tertiary/aromatic N) is 2. The number of aliphatic hydroxyl groups is 7. The van der Waals surface area contributed by atoms with Gasteiger partial charge in [0, 0.05) is 38.4 Å². The Bertz CT molecular complexity index is 1690. The molecular formula is C37H58N8O15. The number of nitrogens with one attached hydrogen (secondary N) is 5. The van der Waals surface area contributed by atoms with Crippen LogP contribution in [0.15, 0.2) is 24.3 Å². The maximum absolute atomic E-state index is 14.2. The summed E-state index contributed by atoms with van der Waals surface area (Å²) in [5.41, 5.74) is 6.09. The SMILES string of the molecule is CNCCOC1NC(=O)C2[C@@H](O)[C@@H](C)CN2C(=O)C([C@@H](C)O)NC(=O)C([C@H](O)[C@@H](O)c2ccc(O)cc2)NC(=O)C2C[C@@H](O)CN2C(=O)C([C@@H](C)O)NC(=O)C(N)C[C@H]1O.